The molecule has 0 saturated heterocycles. The van der Waals surface area contributed by atoms with Gasteiger partial charge in [-0.05, 0) is 41.5 Å². The molecule has 15 heavy (non-hydrogen) atoms. The van der Waals surface area contributed by atoms with Gasteiger partial charge in [0.2, 0.25) is 0 Å². The molecular formula is C14H23N. The first-order valence-electron chi connectivity index (χ1n) is 5.92. The van der Waals surface area contributed by atoms with Crippen molar-refractivity contribution in [3.8, 4) is 0 Å². The van der Waals surface area contributed by atoms with Gasteiger partial charge in [0.15, 0.2) is 0 Å². The molecule has 0 spiro atoms. The van der Waals surface area contributed by atoms with Gasteiger partial charge < -0.3 is 5.73 Å². The van der Waals surface area contributed by atoms with Crippen molar-refractivity contribution in [2.45, 2.75) is 46.0 Å². The molecule has 0 heterocycles. The summed E-state index contributed by atoms with van der Waals surface area (Å²) in [6.07, 6.45) is 1.10. The quantitative estimate of drug-likeness (QED) is 0.800. The third kappa shape index (κ3) is 2.82. The molecule has 1 aromatic carbocycles. The summed E-state index contributed by atoms with van der Waals surface area (Å²) in [5.41, 5.74) is 10.1. The Morgan fingerprint density at radius 3 is 2.33 bits per heavy atom. The minimum absolute atomic E-state index is 0.471. The molecule has 0 aliphatic heterocycles. The van der Waals surface area contributed by atoms with Gasteiger partial charge >= 0.3 is 0 Å². The third-order valence-electron chi connectivity index (χ3n) is 3.10. The van der Waals surface area contributed by atoms with E-state index in [1.54, 1.807) is 0 Å². The highest BCUT2D eigenvalue weighted by atomic mass is 14.5. The molecule has 1 atom stereocenters. The third-order valence-corrected chi connectivity index (χ3v) is 3.10. The Labute approximate surface area is 93.7 Å². The van der Waals surface area contributed by atoms with Gasteiger partial charge in [0, 0.05) is 0 Å². The van der Waals surface area contributed by atoms with Gasteiger partial charge in [-0.2, -0.15) is 0 Å². The monoisotopic (exact) mass is 205 g/mol. The van der Waals surface area contributed by atoms with Crippen LogP contribution >= 0.6 is 0 Å². The molecule has 1 heteroatoms. The van der Waals surface area contributed by atoms with Crippen LogP contribution in [0.15, 0.2) is 18.2 Å². The van der Waals surface area contributed by atoms with Gasteiger partial charge in [-0.25, -0.2) is 0 Å². The zero-order valence-electron chi connectivity index (χ0n) is 10.4. The zero-order chi connectivity index (χ0) is 11.4. The second-order valence-corrected chi connectivity index (χ2v) is 4.60. The molecule has 0 bridgehead atoms. The van der Waals surface area contributed by atoms with Gasteiger partial charge in [-0.15, -0.1) is 0 Å². The molecule has 1 rings (SSSR count). The fraction of sp³-hybridized carbons (Fsp3) is 0.571. The highest BCUT2D eigenvalue weighted by molar-refractivity contribution is 5.36. The molecule has 1 aromatic rings. The highest BCUT2D eigenvalue weighted by Crippen LogP contribution is 2.24. The summed E-state index contributed by atoms with van der Waals surface area (Å²) in [5, 5.41) is 0. The first-order chi connectivity index (χ1) is 7.10. The van der Waals surface area contributed by atoms with E-state index in [9.17, 15) is 0 Å². The van der Waals surface area contributed by atoms with Crippen LogP contribution in [0.3, 0.4) is 0 Å². The minimum Gasteiger partial charge on any atom is -0.330 e. The van der Waals surface area contributed by atoms with Crippen LogP contribution in [0, 0.1) is 0 Å². The molecular weight excluding hydrogens is 182 g/mol. The maximum atomic E-state index is 5.75. The van der Waals surface area contributed by atoms with E-state index in [0.717, 1.165) is 13.0 Å². The SMILES string of the molecule is CCc1ccc(C(C)C)cc1C(C)CN. The fourth-order valence-electron chi connectivity index (χ4n) is 1.88. The van der Waals surface area contributed by atoms with E-state index in [0.29, 0.717) is 11.8 Å². The number of benzene rings is 1. The summed E-state index contributed by atoms with van der Waals surface area (Å²) in [7, 11) is 0. The molecule has 0 aliphatic carbocycles. The molecule has 0 fully saturated rings. The van der Waals surface area contributed by atoms with E-state index in [4.69, 9.17) is 5.73 Å². The van der Waals surface area contributed by atoms with E-state index in [2.05, 4.69) is 45.9 Å². The Morgan fingerprint density at radius 2 is 1.87 bits per heavy atom. The van der Waals surface area contributed by atoms with Crippen LogP contribution in [0.25, 0.3) is 0 Å². The van der Waals surface area contributed by atoms with Gasteiger partial charge in [0.05, 0.1) is 0 Å². The lowest BCUT2D eigenvalue weighted by atomic mass is 9.90. The molecule has 2 N–H and O–H groups in total. The van der Waals surface area contributed by atoms with Crippen molar-refractivity contribution in [1.29, 1.82) is 0 Å². The predicted octanol–water partition coefficient (Wildman–Crippen LogP) is 3.43. The van der Waals surface area contributed by atoms with Crippen molar-refractivity contribution in [3.63, 3.8) is 0 Å². The maximum absolute atomic E-state index is 5.75. The topological polar surface area (TPSA) is 26.0 Å². The summed E-state index contributed by atoms with van der Waals surface area (Å²) in [6, 6.07) is 6.84. The van der Waals surface area contributed by atoms with Crippen molar-refractivity contribution in [1.82, 2.24) is 0 Å². The van der Waals surface area contributed by atoms with Gasteiger partial charge in [0.25, 0.3) is 0 Å². The van der Waals surface area contributed by atoms with E-state index in [1.165, 1.54) is 16.7 Å². The second kappa shape index (κ2) is 5.32. The van der Waals surface area contributed by atoms with E-state index < -0.39 is 0 Å². The first kappa shape index (κ1) is 12.3. The summed E-state index contributed by atoms with van der Waals surface area (Å²) in [4.78, 5) is 0. The van der Waals surface area contributed by atoms with Crippen molar-refractivity contribution in [3.05, 3.63) is 34.9 Å². The standard InChI is InChI=1S/C14H23N/c1-5-12-6-7-13(10(2)3)8-14(12)11(4)9-15/h6-8,10-11H,5,9,15H2,1-4H3. The Bertz CT molecular complexity index is 315. The van der Waals surface area contributed by atoms with Gasteiger partial charge in [-0.1, -0.05) is 45.9 Å². The average molecular weight is 205 g/mol. The lowest BCUT2D eigenvalue weighted by Crippen LogP contribution is -2.11. The Kier molecular flexibility index (Phi) is 4.34. The molecule has 0 saturated carbocycles. The Balaban J connectivity index is 3.13. The highest BCUT2D eigenvalue weighted by Gasteiger charge is 2.10. The molecule has 0 amide bonds. The Hall–Kier alpha value is -0.820. The average Bonchev–Trinajstić information content (AvgIpc) is 2.27. The van der Waals surface area contributed by atoms with Crippen LogP contribution in [0.5, 0.6) is 0 Å². The second-order valence-electron chi connectivity index (χ2n) is 4.60. The minimum atomic E-state index is 0.471. The fourth-order valence-corrected chi connectivity index (χ4v) is 1.88. The van der Waals surface area contributed by atoms with Crippen LogP contribution in [0.4, 0.5) is 0 Å². The number of hydrogen-bond donors (Lipinski definition) is 1. The van der Waals surface area contributed by atoms with Crippen molar-refractivity contribution < 1.29 is 0 Å². The summed E-state index contributed by atoms with van der Waals surface area (Å²) >= 11 is 0. The molecule has 0 aromatic heterocycles. The molecule has 84 valence electrons. The summed E-state index contributed by atoms with van der Waals surface area (Å²) in [6.45, 7) is 9.61. The Morgan fingerprint density at radius 1 is 1.20 bits per heavy atom. The molecule has 0 radical (unpaired) electrons. The number of rotatable bonds is 4. The van der Waals surface area contributed by atoms with E-state index >= 15 is 0 Å². The van der Waals surface area contributed by atoms with Crippen LogP contribution in [0.1, 0.15) is 56.2 Å². The van der Waals surface area contributed by atoms with Crippen molar-refractivity contribution in [2.75, 3.05) is 6.54 Å². The van der Waals surface area contributed by atoms with E-state index in [1.807, 2.05) is 0 Å². The zero-order valence-corrected chi connectivity index (χ0v) is 10.4. The van der Waals surface area contributed by atoms with Crippen LogP contribution in [-0.2, 0) is 6.42 Å². The molecule has 0 aliphatic rings. The van der Waals surface area contributed by atoms with Crippen LogP contribution in [-0.4, -0.2) is 6.54 Å². The molecule has 1 unspecified atom stereocenters. The van der Waals surface area contributed by atoms with E-state index in [-0.39, 0.29) is 0 Å². The smallest absolute Gasteiger partial charge is 0.00108 e. The van der Waals surface area contributed by atoms with Gasteiger partial charge in [-0.3, -0.25) is 0 Å². The molecule has 1 nitrogen and oxygen atoms in total. The van der Waals surface area contributed by atoms with Gasteiger partial charge in [0.1, 0.15) is 0 Å². The number of nitrogens with two attached hydrogens (primary N) is 1. The summed E-state index contributed by atoms with van der Waals surface area (Å²) < 4.78 is 0. The predicted molar refractivity (Wildman–Crippen MR) is 67.4 cm³/mol. The first-order valence-corrected chi connectivity index (χ1v) is 5.92. The van der Waals surface area contributed by atoms with Crippen molar-refractivity contribution >= 4 is 0 Å². The van der Waals surface area contributed by atoms with Crippen LogP contribution < -0.4 is 5.73 Å². The lowest BCUT2D eigenvalue weighted by Gasteiger charge is -2.17. The normalized spacial score (nSPS) is 13.2. The maximum Gasteiger partial charge on any atom is -0.00108 e. The summed E-state index contributed by atoms with van der Waals surface area (Å²) in [5.74, 6) is 1.07. The lowest BCUT2D eigenvalue weighted by molar-refractivity contribution is 0.754. The number of aryl methyl sites for hydroxylation is 1. The van der Waals surface area contributed by atoms with Crippen molar-refractivity contribution in [2.24, 2.45) is 5.73 Å². The number of hydrogen-bond acceptors (Lipinski definition) is 1. The largest absolute Gasteiger partial charge is 0.330 e. The van der Waals surface area contributed by atoms with Crippen LogP contribution in [0.2, 0.25) is 0 Å².